The van der Waals surface area contributed by atoms with Crippen molar-refractivity contribution in [3.8, 4) is 5.75 Å². The van der Waals surface area contributed by atoms with Gasteiger partial charge in [0.2, 0.25) is 11.8 Å². The topological polar surface area (TPSA) is 68.1 Å². The number of nitrogens with one attached hydrogen (secondary N) is 1. The molecule has 0 aliphatic carbocycles. The molecule has 1 N–H and O–H groups in total. The quantitative estimate of drug-likeness (QED) is 0.806. The summed E-state index contributed by atoms with van der Waals surface area (Å²) in [5.74, 6) is -1.47. The Labute approximate surface area is 168 Å². The third-order valence-electron chi connectivity index (χ3n) is 6.38. The highest BCUT2D eigenvalue weighted by Crippen LogP contribution is 2.46. The number of carbonyl (C=O) groups excluding carboxylic acids is 3. The average Bonchev–Trinajstić information content (AvgIpc) is 3.21. The Hall–Kier alpha value is -3.25. The molecule has 2 aromatic rings. The van der Waals surface area contributed by atoms with E-state index in [1.54, 1.807) is 24.3 Å². The lowest BCUT2D eigenvalue weighted by molar-refractivity contribution is -0.884. The van der Waals surface area contributed by atoms with E-state index in [0.29, 0.717) is 11.4 Å². The van der Waals surface area contributed by atoms with Gasteiger partial charge in [-0.05, 0) is 23.8 Å². The molecule has 5 rings (SSSR count). The molecule has 2 amide bonds. The fraction of sp³-hybridized carbons (Fsp3) is 0.261. The maximum Gasteiger partial charge on any atom is 0.244 e. The van der Waals surface area contributed by atoms with Gasteiger partial charge >= 0.3 is 0 Å². The van der Waals surface area contributed by atoms with Crippen LogP contribution in [-0.2, 0) is 14.4 Å². The minimum absolute atomic E-state index is 0.0791. The molecule has 3 heterocycles. The summed E-state index contributed by atoms with van der Waals surface area (Å²) in [6.45, 7) is 1.51. The van der Waals surface area contributed by atoms with E-state index in [-0.39, 0.29) is 23.6 Å². The number of quaternary nitrogens is 1. The Balaban J connectivity index is 1.66. The van der Waals surface area contributed by atoms with E-state index in [4.69, 9.17) is 4.74 Å². The second-order valence-electron chi connectivity index (χ2n) is 7.76. The van der Waals surface area contributed by atoms with Crippen LogP contribution in [0.4, 0.5) is 5.69 Å². The first-order chi connectivity index (χ1) is 14.0. The van der Waals surface area contributed by atoms with Crippen molar-refractivity contribution in [3.05, 3.63) is 65.9 Å². The molecule has 0 aromatic heterocycles. The molecule has 5 atom stereocenters. The maximum absolute atomic E-state index is 13.6. The number of amides is 2. The number of benzene rings is 2. The minimum atomic E-state index is -0.680. The van der Waals surface area contributed by atoms with Gasteiger partial charge in [0.05, 0.1) is 19.0 Å². The molecule has 2 aromatic carbocycles. The molecule has 0 bridgehead atoms. The van der Waals surface area contributed by atoms with Crippen LogP contribution in [0.2, 0.25) is 0 Å². The molecule has 0 saturated carbocycles. The summed E-state index contributed by atoms with van der Waals surface area (Å²) in [7, 11) is 1.51. The molecule has 0 spiro atoms. The lowest BCUT2D eigenvalue weighted by Gasteiger charge is -2.30. The van der Waals surface area contributed by atoms with Gasteiger partial charge in [-0.1, -0.05) is 36.4 Å². The summed E-state index contributed by atoms with van der Waals surface area (Å²) in [5.41, 5.74) is 2.47. The van der Waals surface area contributed by atoms with Gasteiger partial charge in [0, 0.05) is 12.5 Å². The number of anilines is 1. The van der Waals surface area contributed by atoms with E-state index in [1.165, 1.54) is 18.9 Å². The first-order valence-electron chi connectivity index (χ1n) is 9.69. The molecule has 1 unspecified atom stereocenters. The Bertz CT molecular complexity index is 1080. The lowest BCUT2D eigenvalue weighted by Crippen LogP contribution is -3.12. The number of hydrogen-bond acceptors (Lipinski definition) is 4. The van der Waals surface area contributed by atoms with E-state index in [0.717, 1.165) is 16.0 Å². The van der Waals surface area contributed by atoms with Crippen LogP contribution in [0.5, 0.6) is 5.75 Å². The van der Waals surface area contributed by atoms with E-state index < -0.39 is 17.9 Å². The number of carbonyl (C=O) groups is 3. The van der Waals surface area contributed by atoms with E-state index in [1.807, 2.05) is 36.5 Å². The van der Waals surface area contributed by atoms with Gasteiger partial charge in [-0.3, -0.25) is 19.3 Å². The molecular formula is C23H21N2O4+. The summed E-state index contributed by atoms with van der Waals surface area (Å²) in [6.07, 6.45) is 3.91. The largest absolute Gasteiger partial charge is 0.495 e. The Morgan fingerprint density at radius 1 is 1.00 bits per heavy atom. The van der Waals surface area contributed by atoms with Gasteiger partial charge in [0.1, 0.15) is 23.6 Å². The van der Waals surface area contributed by atoms with Crippen LogP contribution in [0.15, 0.2) is 54.7 Å². The van der Waals surface area contributed by atoms with Crippen molar-refractivity contribution in [1.29, 1.82) is 0 Å². The van der Waals surface area contributed by atoms with Crippen LogP contribution in [0.1, 0.15) is 24.1 Å². The first-order valence-corrected chi connectivity index (χ1v) is 9.69. The lowest BCUT2D eigenvalue weighted by atomic mass is 9.84. The minimum Gasteiger partial charge on any atom is -0.495 e. The molecule has 6 nitrogen and oxygen atoms in total. The zero-order valence-corrected chi connectivity index (χ0v) is 16.2. The van der Waals surface area contributed by atoms with Crippen molar-refractivity contribution in [1.82, 2.24) is 0 Å². The molecule has 6 heteroatoms. The molecule has 29 heavy (non-hydrogen) atoms. The predicted octanol–water partition coefficient (Wildman–Crippen LogP) is 1.38. The highest BCUT2D eigenvalue weighted by Gasteiger charge is 2.67. The third kappa shape index (κ3) is 2.36. The Kier molecular flexibility index (Phi) is 3.93. The number of ether oxygens (including phenoxy) is 1. The summed E-state index contributed by atoms with van der Waals surface area (Å²) in [4.78, 5) is 41.8. The highest BCUT2D eigenvalue weighted by atomic mass is 16.5. The van der Waals surface area contributed by atoms with Gasteiger partial charge in [-0.2, -0.15) is 0 Å². The van der Waals surface area contributed by atoms with Crippen LogP contribution in [-0.4, -0.2) is 30.7 Å². The monoisotopic (exact) mass is 389 g/mol. The maximum atomic E-state index is 13.6. The van der Waals surface area contributed by atoms with Crippen molar-refractivity contribution >= 4 is 29.4 Å². The van der Waals surface area contributed by atoms with Crippen LogP contribution in [0.25, 0.3) is 6.08 Å². The smallest absolute Gasteiger partial charge is 0.244 e. The zero-order chi connectivity index (χ0) is 20.3. The number of rotatable bonds is 3. The predicted molar refractivity (Wildman–Crippen MR) is 106 cm³/mol. The first kappa shape index (κ1) is 17.8. The van der Waals surface area contributed by atoms with Crippen LogP contribution in [0.3, 0.4) is 0 Å². The Morgan fingerprint density at radius 2 is 1.69 bits per heavy atom. The fourth-order valence-electron chi connectivity index (χ4n) is 5.27. The normalized spacial score (nSPS) is 29.4. The van der Waals surface area contributed by atoms with E-state index in [9.17, 15) is 14.4 Å². The van der Waals surface area contributed by atoms with E-state index in [2.05, 4.69) is 0 Å². The number of Topliss-reactive ketones (excluding diaryl/α,β-unsaturated/α-hetero) is 1. The number of para-hydroxylation sites is 2. The van der Waals surface area contributed by atoms with Crippen LogP contribution in [0, 0.1) is 11.8 Å². The average molecular weight is 389 g/mol. The van der Waals surface area contributed by atoms with E-state index >= 15 is 0 Å². The Morgan fingerprint density at radius 3 is 2.45 bits per heavy atom. The van der Waals surface area contributed by atoms with Crippen LogP contribution >= 0.6 is 0 Å². The zero-order valence-electron chi connectivity index (χ0n) is 16.2. The molecule has 2 saturated heterocycles. The third-order valence-corrected chi connectivity index (χ3v) is 6.38. The summed E-state index contributed by atoms with van der Waals surface area (Å²) in [5, 5.41) is 0. The van der Waals surface area contributed by atoms with Crippen LogP contribution < -0.4 is 14.5 Å². The number of hydrogen-bond donors (Lipinski definition) is 1. The van der Waals surface area contributed by atoms with Crippen molar-refractivity contribution in [2.45, 2.75) is 19.0 Å². The van der Waals surface area contributed by atoms with Gasteiger partial charge in [-0.15, -0.1) is 0 Å². The highest BCUT2D eigenvalue weighted by molar-refractivity contribution is 6.24. The van der Waals surface area contributed by atoms with Gasteiger partial charge in [0.15, 0.2) is 11.8 Å². The SMILES string of the molecule is COc1ccccc1N1C(=O)[C@@H]2[C@H](C1=O)[C@H]1c3ccccc3C=C[NH+]1[C@@H]2C(C)=O. The van der Waals surface area contributed by atoms with Gasteiger partial charge < -0.3 is 4.74 Å². The van der Waals surface area contributed by atoms with Crippen molar-refractivity contribution in [2.75, 3.05) is 12.0 Å². The number of methoxy groups -OCH3 is 1. The number of imide groups is 1. The molecule has 2 fully saturated rings. The standard InChI is InChI=1S/C23H20N2O4/c1-13(26)20-18-19(21-15-8-4-3-7-14(15)11-12-24(20)21)23(28)25(22(18)27)16-9-5-6-10-17(16)29-2/h3-12,18-21H,1-2H3/p+1/t18-,19+,20-,21-/m1/s1. The second-order valence-corrected chi connectivity index (χ2v) is 7.76. The van der Waals surface area contributed by atoms with Gasteiger partial charge in [0.25, 0.3) is 0 Å². The molecule has 3 aliphatic heterocycles. The number of nitrogens with zero attached hydrogens (tertiary/aromatic N) is 1. The van der Waals surface area contributed by atoms with Crippen molar-refractivity contribution in [2.24, 2.45) is 11.8 Å². The summed E-state index contributed by atoms with van der Waals surface area (Å²) in [6, 6.07) is 14.0. The molecule has 3 aliphatic rings. The number of ketones is 1. The second kappa shape index (κ2) is 6.39. The van der Waals surface area contributed by atoms with Gasteiger partial charge in [-0.25, -0.2) is 4.90 Å². The number of fused-ring (bicyclic) bond motifs is 5. The summed E-state index contributed by atoms with van der Waals surface area (Å²) < 4.78 is 5.38. The molecule has 0 radical (unpaired) electrons. The van der Waals surface area contributed by atoms with Crippen molar-refractivity contribution in [3.63, 3.8) is 0 Å². The van der Waals surface area contributed by atoms with Crippen molar-refractivity contribution < 1.29 is 24.0 Å². The summed E-state index contributed by atoms with van der Waals surface area (Å²) >= 11 is 0. The molecule has 146 valence electrons. The fourth-order valence-corrected chi connectivity index (χ4v) is 5.27. The molecular weight excluding hydrogens is 368 g/mol.